The Hall–Kier alpha value is -2.20. The molecule has 1 aromatic carbocycles. The highest BCUT2D eigenvalue weighted by molar-refractivity contribution is 7.80. The molecule has 6 heteroatoms. The van der Waals surface area contributed by atoms with Gasteiger partial charge in [0.2, 0.25) is 0 Å². The van der Waals surface area contributed by atoms with Crippen LogP contribution >= 0.6 is 12.2 Å². The molecule has 0 fully saturated rings. The standard InChI is InChI=1S/C19H22N2O3S/c1-5-14-8-15-9-16(6-7-17(15)20-10-14)24-13(2)18(25)21-19(3,11-22)12-23-4/h1,6-10,13,22H,11-12H2,2-4H3,(H,21,25). The van der Waals surface area contributed by atoms with Crippen LogP contribution in [0, 0.1) is 12.3 Å². The van der Waals surface area contributed by atoms with Crippen LogP contribution in [0.3, 0.4) is 0 Å². The maximum Gasteiger partial charge on any atom is 0.146 e. The van der Waals surface area contributed by atoms with E-state index in [1.165, 1.54) is 0 Å². The fraction of sp³-hybridized carbons (Fsp3) is 0.368. The number of pyridine rings is 1. The normalized spacial score (nSPS) is 14.4. The van der Waals surface area contributed by atoms with Gasteiger partial charge in [0, 0.05) is 24.3 Å². The zero-order valence-corrected chi connectivity index (χ0v) is 15.4. The highest BCUT2D eigenvalue weighted by atomic mass is 32.1. The summed E-state index contributed by atoms with van der Waals surface area (Å²) in [5.41, 5.74) is 0.902. The van der Waals surface area contributed by atoms with E-state index in [2.05, 4.69) is 16.2 Å². The summed E-state index contributed by atoms with van der Waals surface area (Å²) >= 11 is 5.40. The van der Waals surface area contributed by atoms with E-state index in [0.717, 1.165) is 10.9 Å². The monoisotopic (exact) mass is 358 g/mol. The molecular formula is C19H22N2O3S. The fourth-order valence-electron chi connectivity index (χ4n) is 2.36. The minimum absolute atomic E-state index is 0.107. The lowest BCUT2D eigenvalue weighted by Crippen LogP contribution is -2.54. The van der Waals surface area contributed by atoms with Gasteiger partial charge in [-0.05, 0) is 38.1 Å². The molecule has 2 rings (SSSR count). The first kappa shape index (κ1) is 19.1. The predicted octanol–water partition coefficient (Wildman–Crippen LogP) is 2.30. The fourth-order valence-corrected chi connectivity index (χ4v) is 2.65. The number of fused-ring (bicyclic) bond motifs is 1. The number of aromatic nitrogens is 1. The van der Waals surface area contributed by atoms with Gasteiger partial charge in [0.25, 0.3) is 0 Å². The molecule has 0 aliphatic heterocycles. The molecule has 0 aliphatic rings. The van der Waals surface area contributed by atoms with Crippen LogP contribution in [0.15, 0.2) is 30.5 Å². The summed E-state index contributed by atoms with van der Waals surface area (Å²) in [6.07, 6.45) is 6.71. The van der Waals surface area contributed by atoms with Gasteiger partial charge in [-0.3, -0.25) is 4.98 Å². The molecule has 0 aliphatic carbocycles. The van der Waals surface area contributed by atoms with Crippen LogP contribution in [-0.4, -0.2) is 47.0 Å². The van der Waals surface area contributed by atoms with Crippen molar-refractivity contribution in [2.24, 2.45) is 0 Å². The van der Waals surface area contributed by atoms with Crippen molar-refractivity contribution < 1.29 is 14.6 Å². The quantitative estimate of drug-likeness (QED) is 0.585. The van der Waals surface area contributed by atoms with E-state index < -0.39 is 5.54 Å². The molecule has 2 atom stereocenters. The number of nitrogens with one attached hydrogen (secondary N) is 1. The van der Waals surface area contributed by atoms with E-state index in [1.54, 1.807) is 13.3 Å². The summed E-state index contributed by atoms with van der Waals surface area (Å²) < 4.78 is 11.0. The maximum absolute atomic E-state index is 9.54. The lowest BCUT2D eigenvalue weighted by atomic mass is 10.1. The highest BCUT2D eigenvalue weighted by Crippen LogP contribution is 2.21. The molecule has 2 aromatic rings. The van der Waals surface area contributed by atoms with Gasteiger partial charge in [0.05, 0.1) is 24.3 Å². The molecule has 0 bridgehead atoms. The van der Waals surface area contributed by atoms with Gasteiger partial charge in [-0.2, -0.15) is 0 Å². The van der Waals surface area contributed by atoms with Crippen LogP contribution in [0.25, 0.3) is 10.9 Å². The number of hydrogen-bond acceptors (Lipinski definition) is 5. The van der Waals surface area contributed by atoms with E-state index in [0.29, 0.717) is 22.9 Å². The van der Waals surface area contributed by atoms with Crippen LogP contribution in [0.2, 0.25) is 0 Å². The number of nitrogens with zero attached hydrogens (tertiary/aromatic N) is 1. The van der Waals surface area contributed by atoms with Crippen LogP contribution in [0.5, 0.6) is 5.75 Å². The zero-order valence-electron chi connectivity index (χ0n) is 14.6. The molecule has 0 saturated heterocycles. The van der Waals surface area contributed by atoms with E-state index >= 15 is 0 Å². The molecule has 2 unspecified atom stereocenters. The Morgan fingerprint density at radius 1 is 1.48 bits per heavy atom. The first-order valence-electron chi connectivity index (χ1n) is 7.85. The summed E-state index contributed by atoms with van der Waals surface area (Å²) in [6, 6.07) is 7.47. The number of terminal acetylenes is 1. The van der Waals surface area contributed by atoms with Gasteiger partial charge >= 0.3 is 0 Å². The van der Waals surface area contributed by atoms with Crippen molar-refractivity contribution in [1.29, 1.82) is 0 Å². The van der Waals surface area contributed by atoms with Crippen molar-refractivity contribution in [2.45, 2.75) is 25.5 Å². The Bertz CT molecular complexity index is 803. The Morgan fingerprint density at radius 2 is 2.24 bits per heavy atom. The molecule has 1 aromatic heterocycles. The molecule has 0 amide bonds. The van der Waals surface area contributed by atoms with Crippen molar-refractivity contribution in [3.05, 3.63) is 36.0 Å². The smallest absolute Gasteiger partial charge is 0.146 e. The highest BCUT2D eigenvalue weighted by Gasteiger charge is 2.26. The molecule has 0 radical (unpaired) electrons. The second kappa shape index (κ2) is 8.26. The van der Waals surface area contributed by atoms with Crippen LogP contribution in [0.4, 0.5) is 0 Å². The third-order valence-corrected chi connectivity index (χ3v) is 4.17. The Balaban J connectivity index is 2.11. The molecule has 5 nitrogen and oxygen atoms in total. The SMILES string of the molecule is C#Cc1cnc2ccc(OC(C)C(=S)NC(C)(CO)COC)cc2c1. The van der Waals surface area contributed by atoms with Gasteiger partial charge < -0.3 is 19.9 Å². The molecule has 132 valence electrons. The molecule has 0 saturated carbocycles. The number of aliphatic hydroxyl groups excluding tert-OH is 1. The number of benzene rings is 1. The number of aliphatic hydroxyl groups is 1. The van der Waals surface area contributed by atoms with Crippen molar-refractivity contribution in [3.63, 3.8) is 0 Å². The van der Waals surface area contributed by atoms with Crippen LogP contribution in [0.1, 0.15) is 19.4 Å². The summed E-state index contributed by atoms with van der Waals surface area (Å²) in [5, 5.41) is 13.6. The predicted molar refractivity (Wildman–Crippen MR) is 103 cm³/mol. The molecule has 25 heavy (non-hydrogen) atoms. The van der Waals surface area contributed by atoms with Crippen molar-refractivity contribution in [3.8, 4) is 18.1 Å². The molecular weight excluding hydrogens is 336 g/mol. The van der Waals surface area contributed by atoms with E-state index in [-0.39, 0.29) is 12.7 Å². The van der Waals surface area contributed by atoms with Gasteiger partial charge in [-0.25, -0.2) is 0 Å². The largest absolute Gasteiger partial charge is 0.484 e. The third kappa shape index (κ3) is 4.89. The first-order valence-corrected chi connectivity index (χ1v) is 8.26. The van der Waals surface area contributed by atoms with Crippen LogP contribution < -0.4 is 10.1 Å². The Kier molecular flexibility index (Phi) is 6.32. The van der Waals surface area contributed by atoms with Crippen LogP contribution in [-0.2, 0) is 4.74 Å². The van der Waals surface area contributed by atoms with Crippen molar-refractivity contribution >= 4 is 28.1 Å². The van der Waals surface area contributed by atoms with E-state index in [1.807, 2.05) is 38.1 Å². The zero-order chi connectivity index (χ0) is 18.4. The summed E-state index contributed by atoms with van der Waals surface area (Å²) in [7, 11) is 1.58. The van der Waals surface area contributed by atoms with E-state index in [9.17, 15) is 5.11 Å². The van der Waals surface area contributed by atoms with E-state index in [4.69, 9.17) is 28.1 Å². The second-order valence-electron chi connectivity index (χ2n) is 6.12. The van der Waals surface area contributed by atoms with Gasteiger partial charge in [-0.1, -0.05) is 18.1 Å². The topological polar surface area (TPSA) is 63.6 Å². The summed E-state index contributed by atoms with van der Waals surface area (Å²) in [4.78, 5) is 4.80. The number of rotatable bonds is 7. The van der Waals surface area contributed by atoms with Gasteiger partial charge in [0.15, 0.2) is 0 Å². The number of thiocarbonyl (C=S) groups is 1. The lowest BCUT2D eigenvalue weighted by Gasteiger charge is -2.31. The number of hydrogen-bond donors (Lipinski definition) is 2. The minimum atomic E-state index is -0.654. The average Bonchev–Trinajstić information content (AvgIpc) is 2.61. The lowest BCUT2D eigenvalue weighted by molar-refractivity contribution is 0.0840. The molecule has 1 heterocycles. The summed E-state index contributed by atoms with van der Waals surface area (Å²) in [6.45, 7) is 3.90. The van der Waals surface area contributed by atoms with Gasteiger partial charge in [0.1, 0.15) is 16.8 Å². The first-order chi connectivity index (χ1) is 11.9. The van der Waals surface area contributed by atoms with Gasteiger partial charge in [-0.15, -0.1) is 6.42 Å². The molecule has 0 spiro atoms. The molecule has 2 N–H and O–H groups in total. The Morgan fingerprint density at radius 3 is 2.88 bits per heavy atom. The maximum atomic E-state index is 9.54. The average molecular weight is 358 g/mol. The minimum Gasteiger partial charge on any atom is -0.484 e. The van der Waals surface area contributed by atoms with Crippen molar-refractivity contribution in [2.75, 3.05) is 20.3 Å². The second-order valence-corrected chi connectivity index (χ2v) is 6.56. The van der Waals surface area contributed by atoms with Crippen molar-refractivity contribution in [1.82, 2.24) is 10.3 Å². The summed E-state index contributed by atoms with van der Waals surface area (Å²) in [5.74, 6) is 3.24. The third-order valence-electron chi connectivity index (χ3n) is 3.74. The number of ether oxygens (including phenoxy) is 2. The number of methoxy groups -OCH3 is 1. The Labute approximate surface area is 153 Å².